The van der Waals surface area contributed by atoms with Crippen molar-refractivity contribution in [3.63, 3.8) is 0 Å². The molecule has 1 heterocycles. The van der Waals surface area contributed by atoms with Crippen LogP contribution < -0.4 is 11.1 Å². The Hall–Kier alpha value is -1.10. The van der Waals surface area contributed by atoms with Crippen LogP contribution >= 0.6 is 0 Å². The van der Waals surface area contributed by atoms with Crippen molar-refractivity contribution in [3.05, 3.63) is 0 Å². The highest BCUT2D eigenvalue weighted by atomic mass is 16.2. The van der Waals surface area contributed by atoms with Gasteiger partial charge in [0.25, 0.3) is 0 Å². The van der Waals surface area contributed by atoms with Crippen molar-refractivity contribution < 1.29 is 9.59 Å². The smallest absolute Gasteiger partial charge is 0.236 e. The maximum atomic E-state index is 10.9. The number of hydrogen-bond donors (Lipinski definition) is 2. The van der Waals surface area contributed by atoms with E-state index in [1.807, 2.05) is 0 Å². The highest BCUT2D eigenvalue weighted by Crippen LogP contribution is 1.95. The fourth-order valence-electron chi connectivity index (χ4n) is 0.976. The number of piperazine rings is 1. The van der Waals surface area contributed by atoms with Gasteiger partial charge in [-0.05, 0) is 0 Å². The first-order chi connectivity index (χ1) is 5.11. The van der Waals surface area contributed by atoms with E-state index in [0.717, 1.165) is 0 Å². The van der Waals surface area contributed by atoms with E-state index in [4.69, 9.17) is 5.73 Å². The molecule has 0 radical (unpaired) electrons. The molecule has 5 nitrogen and oxygen atoms in total. The van der Waals surface area contributed by atoms with Crippen molar-refractivity contribution >= 4 is 11.8 Å². The molecule has 1 saturated heterocycles. The lowest BCUT2D eigenvalue weighted by Crippen LogP contribution is -2.57. The summed E-state index contributed by atoms with van der Waals surface area (Å²) in [5, 5.41) is 2.73. The average molecular weight is 157 g/mol. The average Bonchev–Trinajstić information content (AvgIpc) is 1.94. The highest BCUT2D eigenvalue weighted by Gasteiger charge is 2.25. The summed E-state index contributed by atoms with van der Waals surface area (Å²) in [4.78, 5) is 23.0. The molecule has 0 bridgehead atoms. The Morgan fingerprint density at radius 1 is 1.82 bits per heavy atom. The molecule has 3 N–H and O–H groups in total. The lowest BCUT2D eigenvalue weighted by molar-refractivity contribution is -0.133. The van der Waals surface area contributed by atoms with Gasteiger partial charge in [0.05, 0.1) is 6.54 Å². The van der Waals surface area contributed by atoms with Crippen molar-refractivity contribution in [3.8, 4) is 0 Å². The summed E-state index contributed by atoms with van der Waals surface area (Å²) >= 11 is 0. The topological polar surface area (TPSA) is 75.4 Å². The molecular formula is C6H11N3O2. The van der Waals surface area contributed by atoms with Crippen molar-refractivity contribution in [2.24, 2.45) is 5.73 Å². The van der Waals surface area contributed by atoms with E-state index in [9.17, 15) is 9.59 Å². The van der Waals surface area contributed by atoms with Gasteiger partial charge in [-0.3, -0.25) is 14.9 Å². The first kappa shape index (κ1) is 8.00. The molecule has 1 unspecified atom stereocenters. The minimum absolute atomic E-state index is 0.0116. The number of nitrogens with one attached hydrogen (secondary N) is 1. The molecule has 2 amide bonds. The van der Waals surface area contributed by atoms with Gasteiger partial charge in [-0.1, -0.05) is 0 Å². The minimum atomic E-state index is -0.413. The number of nitrogens with zero attached hydrogens (tertiary/aromatic N) is 1. The molecule has 5 heteroatoms. The molecule has 1 aliphatic heterocycles. The van der Waals surface area contributed by atoms with Crippen molar-refractivity contribution in [1.29, 1.82) is 0 Å². The Morgan fingerprint density at radius 2 is 2.45 bits per heavy atom. The predicted molar refractivity (Wildman–Crippen MR) is 38.6 cm³/mol. The number of amides is 2. The van der Waals surface area contributed by atoms with Gasteiger partial charge >= 0.3 is 0 Å². The molecule has 62 valence electrons. The maximum absolute atomic E-state index is 10.9. The molecule has 11 heavy (non-hydrogen) atoms. The molecule has 1 aliphatic rings. The van der Waals surface area contributed by atoms with E-state index < -0.39 is 11.9 Å². The highest BCUT2D eigenvalue weighted by molar-refractivity contribution is 5.85. The van der Waals surface area contributed by atoms with Crippen molar-refractivity contribution in [1.82, 2.24) is 10.2 Å². The summed E-state index contributed by atoms with van der Waals surface area (Å²) in [5.74, 6) is -0.424. The largest absolute Gasteiger partial charge is 0.368 e. The molecule has 0 aromatic rings. The second-order valence-electron chi connectivity index (χ2n) is 2.61. The molecule has 1 atom stereocenters. The zero-order valence-electron chi connectivity index (χ0n) is 6.33. The Morgan fingerprint density at radius 3 is 2.91 bits per heavy atom. The summed E-state index contributed by atoms with van der Waals surface area (Å²) in [6.07, 6.45) is 0. The van der Waals surface area contributed by atoms with E-state index in [0.29, 0.717) is 6.54 Å². The van der Waals surface area contributed by atoms with Gasteiger partial charge in [-0.15, -0.1) is 0 Å². The number of hydrogen-bond acceptors (Lipinski definition) is 3. The number of carbonyl (C=O) groups excluding carboxylic acids is 2. The first-order valence-electron chi connectivity index (χ1n) is 3.38. The van der Waals surface area contributed by atoms with Crippen LogP contribution in [0.15, 0.2) is 0 Å². The maximum Gasteiger partial charge on any atom is 0.236 e. The van der Waals surface area contributed by atoms with Gasteiger partial charge in [0.2, 0.25) is 11.8 Å². The van der Waals surface area contributed by atoms with Crippen LogP contribution in [0.3, 0.4) is 0 Å². The van der Waals surface area contributed by atoms with Crippen molar-refractivity contribution in [2.45, 2.75) is 6.04 Å². The first-order valence-corrected chi connectivity index (χ1v) is 3.38. The van der Waals surface area contributed by atoms with Crippen LogP contribution in [0.25, 0.3) is 0 Å². The van der Waals surface area contributed by atoms with Crippen LogP contribution in [0, 0.1) is 0 Å². The summed E-state index contributed by atoms with van der Waals surface area (Å²) in [7, 11) is 1.65. The molecule has 0 saturated carbocycles. The lowest BCUT2D eigenvalue weighted by atomic mass is 10.2. The molecule has 0 aromatic carbocycles. The van der Waals surface area contributed by atoms with Crippen molar-refractivity contribution in [2.75, 3.05) is 20.1 Å². The summed E-state index contributed by atoms with van der Waals surface area (Å²) < 4.78 is 0. The fourth-order valence-corrected chi connectivity index (χ4v) is 0.976. The van der Waals surface area contributed by atoms with E-state index in [1.54, 1.807) is 7.05 Å². The third kappa shape index (κ3) is 1.68. The molecule has 0 aromatic heterocycles. The second kappa shape index (κ2) is 2.87. The van der Waals surface area contributed by atoms with E-state index in [-0.39, 0.29) is 12.5 Å². The Labute approximate surface area is 64.5 Å². The van der Waals surface area contributed by atoms with E-state index >= 15 is 0 Å². The molecule has 0 aliphatic carbocycles. The van der Waals surface area contributed by atoms with Gasteiger partial charge in [-0.25, -0.2) is 0 Å². The zero-order valence-corrected chi connectivity index (χ0v) is 6.33. The van der Waals surface area contributed by atoms with Crippen LogP contribution in [0.1, 0.15) is 0 Å². The molecule has 0 spiro atoms. The van der Waals surface area contributed by atoms with Crippen LogP contribution in [0.5, 0.6) is 0 Å². The fraction of sp³-hybridized carbons (Fsp3) is 0.667. The predicted octanol–water partition coefficient (Wildman–Crippen LogP) is -2.10. The normalized spacial score (nSPS) is 25.4. The third-order valence-electron chi connectivity index (χ3n) is 1.73. The standard InChI is InChI=1S/C6H11N3O2/c1-9-3-4(6(7)11)8-2-5(9)10/h4,8H,2-3H2,1H3,(H2,7,11). The number of likely N-dealkylation sites (N-methyl/N-ethyl adjacent to an activating group) is 1. The van der Waals surface area contributed by atoms with Crippen LogP contribution in [-0.2, 0) is 9.59 Å². The summed E-state index contributed by atoms with van der Waals surface area (Å²) in [6.45, 7) is 0.568. The van der Waals surface area contributed by atoms with Gasteiger partial charge in [-0.2, -0.15) is 0 Å². The summed E-state index contributed by atoms with van der Waals surface area (Å²) in [5.41, 5.74) is 5.04. The number of nitrogens with two attached hydrogens (primary N) is 1. The Balaban J connectivity index is 2.52. The number of primary amides is 1. The molecule has 1 fully saturated rings. The van der Waals surface area contributed by atoms with Gasteiger partial charge in [0.1, 0.15) is 6.04 Å². The van der Waals surface area contributed by atoms with E-state index in [2.05, 4.69) is 5.32 Å². The number of rotatable bonds is 1. The minimum Gasteiger partial charge on any atom is -0.368 e. The zero-order chi connectivity index (χ0) is 8.43. The monoisotopic (exact) mass is 157 g/mol. The van der Waals surface area contributed by atoms with Crippen LogP contribution in [0.4, 0.5) is 0 Å². The van der Waals surface area contributed by atoms with E-state index in [1.165, 1.54) is 4.90 Å². The van der Waals surface area contributed by atoms with Gasteiger partial charge in [0.15, 0.2) is 0 Å². The Kier molecular flexibility index (Phi) is 2.09. The van der Waals surface area contributed by atoms with Crippen LogP contribution in [0.2, 0.25) is 0 Å². The molecule has 1 rings (SSSR count). The molecular weight excluding hydrogens is 146 g/mol. The van der Waals surface area contributed by atoms with Gasteiger partial charge in [0, 0.05) is 13.6 Å². The summed E-state index contributed by atoms with van der Waals surface area (Å²) in [6, 6.07) is -0.391. The van der Waals surface area contributed by atoms with Gasteiger partial charge < -0.3 is 10.6 Å². The van der Waals surface area contributed by atoms with Crippen LogP contribution in [-0.4, -0.2) is 42.9 Å². The Bertz CT molecular complexity index is 192. The third-order valence-corrected chi connectivity index (χ3v) is 1.73. The lowest BCUT2D eigenvalue weighted by Gasteiger charge is -2.28. The second-order valence-corrected chi connectivity index (χ2v) is 2.61. The quantitative estimate of drug-likeness (QED) is 0.458. The number of carbonyl (C=O) groups is 2. The SMILES string of the molecule is CN1CC(C(N)=O)NCC1=O.